The highest BCUT2D eigenvalue weighted by molar-refractivity contribution is 5.46. The van der Waals surface area contributed by atoms with Gasteiger partial charge in [0.25, 0.3) is 0 Å². The zero-order valence-corrected chi connectivity index (χ0v) is 8.96. The largest absolute Gasteiger partial charge is 0.357 e. The van der Waals surface area contributed by atoms with Crippen molar-refractivity contribution in [3.8, 4) is 0 Å². The van der Waals surface area contributed by atoms with Gasteiger partial charge in [0.05, 0.1) is 6.20 Å². The molecular formula is C10H19N3. The van der Waals surface area contributed by atoms with Gasteiger partial charge in [-0.2, -0.15) is 5.10 Å². The summed E-state index contributed by atoms with van der Waals surface area (Å²) in [6.07, 6.45) is 1.93. The first-order valence-electron chi connectivity index (χ1n) is 4.98. The molecule has 0 aliphatic rings. The number of rotatable bonds is 4. The van der Waals surface area contributed by atoms with Crippen molar-refractivity contribution in [2.24, 2.45) is 0 Å². The van der Waals surface area contributed by atoms with Gasteiger partial charge in [-0.1, -0.05) is 13.8 Å². The fourth-order valence-electron chi connectivity index (χ4n) is 1.50. The topological polar surface area (TPSA) is 31.9 Å². The Kier molecular flexibility index (Phi) is 3.34. The Balaban J connectivity index is 2.91. The quantitative estimate of drug-likeness (QED) is 0.773. The third-order valence-electron chi connectivity index (χ3n) is 2.35. The number of nitrogens with zero attached hydrogens (tertiary/aromatic N) is 2. The molecule has 0 atom stereocenters. The molecule has 1 aromatic rings. The van der Waals surface area contributed by atoms with Crippen LogP contribution in [0.4, 0.5) is 5.82 Å². The van der Waals surface area contributed by atoms with Crippen LogP contribution in [0.15, 0.2) is 6.20 Å². The van der Waals surface area contributed by atoms with Crippen molar-refractivity contribution in [2.45, 2.75) is 33.6 Å². The number of aromatic nitrogens is 2. The summed E-state index contributed by atoms with van der Waals surface area (Å²) in [4.78, 5) is 2.29. The highest BCUT2D eigenvalue weighted by atomic mass is 15.3. The molecule has 0 bridgehead atoms. The van der Waals surface area contributed by atoms with Gasteiger partial charge in [0, 0.05) is 18.7 Å². The number of anilines is 1. The van der Waals surface area contributed by atoms with Crippen molar-refractivity contribution in [3.63, 3.8) is 0 Å². The second-order valence-corrected chi connectivity index (χ2v) is 3.50. The minimum absolute atomic E-state index is 0.536. The third kappa shape index (κ3) is 2.02. The molecule has 0 unspecified atom stereocenters. The SMILES string of the molecule is CCN(CC)c1[nH]ncc1C(C)C. The average Bonchev–Trinajstić information content (AvgIpc) is 2.55. The van der Waals surface area contributed by atoms with Crippen LogP contribution in [-0.4, -0.2) is 23.3 Å². The molecule has 0 spiro atoms. The Morgan fingerprint density at radius 2 is 2.00 bits per heavy atom. The molecule has 0 fully saturated rings. The van der Waals surface area contributed by atoms with Gasteiger partial charge in [0.2, 0.25) is 0 Å². The van der Waals surface area contributed by atoms with E-state index in [0.29, 0.717) is 5.92 Å². The Morgan fingerprint density at radius 3 is 2.46 bits per heavy atom. The van der Waals surface area contributed by atoms with Crippen LogP contribution in [0, 0.1) is 0 Å². The van der Waals surface area contributed by atoms with E-state index < -0.39 is 0 Å². The first-order chi connectivity index (χ1) is 6.20. The minimum Gasteiger partial charge on any atom is -0.357 e. The lowest BCUT2D eigenvalue weighted by atomic mass is 10.1. The molecule has 0 aliphatic carbocycles. The van der Waals surface area contributed by atoms with Gasteiger partial charge >= 0.3 is 0 Å². The van der Waals surface area contributed by atoms with Gasteiger partial charge in [-0.25, -0.2) is 0 Å². The Morgan fingerprint density at radius 1 is 1.38 bits per heavy atom. The highest BCUT2D eigenvalue weighted by Crippen LogP contribution is 2.24. The molecule has 1 N–H and O–H groups in total. The van der Waals surface area contributed by atoms with Crippen LogP contribution in [0.3, 0.4) is 0 Å². The van der Waals surface area contributed by atoms with E-state index in [-0.39, 0.29) is 0 Å². The second kappa shape index (κ2) is 4.30. The van der Waals surface area contributed by atoms with E-state index in [4.69, 9.17) is 0 Å². The molecule has 0 saturated heterocycles. The van der Waals surface area contributed by atoms with E-state index in [1.54, 1.807) is 0 Å². The van der Waals surface area contributed by atoms with E-state index in [1.807, 2.05) is 6.20 Å². The molecule has 0 aliphatic heterocycles. The Bertz CT molecular complexity index is 248. The van der Waals surface area contributed by atoms with Gasteiger partial charge in [-0.15, -0.1) is 0 Å². The zero-order valence-electron chi connectivity index (χ0n) is 8.96. The maximum Gasteiger partial charge on any atom is 0.127 e. The number of H-pyrrole nitrogens is 1. The Labute approximate surface area is 80.1 Å². The lowest BCUT2D eigenvalue weighted by Crippen LogP contribution is -2.23. The van der Waals surface area contributed by atoms with Crippen molar-refractivity contribution in [3.05, 3.63) is 11.8 Å². The van der Waals surface area contributed by atoms with Crippen LogP contribution in [-0.2, 0) is 0 Å². The average molecular weight is 181 g/mol. The molecule has 0 amide bonds. The fraction of sp³-hybridized carbons (Fsp3) is 0.700. The van der Waals surface area contributed by atoms with Gasteiger partial charge in [-0.05, 0) is 19.8 Å². The molecule has 0 radical (unpaired) electrons. The van der Waals surface area contributed by atoms with E-state index >= 15 is 0 Å². The van der Waals surface area contributed by atoms with Crippen molar-refractivity contribution in [1.82, 2.24) is 10.2 Å². The lowest BCUT2D eigenvalue weighted by molar-refractivity contribution is 0.807. The molecule has 0 aromatic carbocycles. The summed E-state index contributed by atoms with van der Waals surface area (Å²) in [7, 11) is 0. The fourth-order valence-corrected chi connectivity index (χ4v) is 1.50. The van der Waals surface area contributed by atoms with Gasteiger partial charge < -0.3 is 4.90 Å². The summed E-state index contributed by atoms with van der Waals surface area (Å²) in [6, 6.07) is 0. The van der Waals surface area contributed by atoms with Crippen molar-refractivity contribution >= 4 is 5.82 Å². The van der Waals surface area contributed by atoms with E-state index in [2.05, 4.69) is 42.8 Å². The molecule has 3 heteroatoms. The van der Waals surface area contributed by atoms with Crippen molar-refractivity contribution in [2.75, 3.05) is 18.0 Å². The summed E-state index contributed by atoms with van der Waals surface area (Å²) in [5, 5.41) is 7.16. The predicted molar refractivity (Wildman–Crippen MR) is 56.2 cm³/mol. The van der Waals surface area contributed by atoms with Gasteiger partial charge in [0.15, 0.2) is 0 Å². The smallest absolute Gasteiger partial charge is 0.127 e. The van der Waals surface area contributed by atoms with E-state index in [1.165, 1.54) is 11.4 Å². The zero-order chi connectivity index (χ0) is 9.84. The second-order valence-electron chi connectivity index (χ2n) is 3.50. The summed E-state index contributed by atoms with van der Waals surface area (Å²) in [5.41, 5.74) is 1.31. The normalized spacial score (nSPS) is 10.8. The molecule has 3 nitrogen and oxygen atoms in total. The third-order valence-corrected chi connectivity index (χ3v) is 2.35. The number of aromatic amines is 1. The first kappa shape index (κ1) is 10.1. The monoisotopic (exact) mass is 181 g/mol. The minimum atomic E-state index is 0.536. The van der Waals surface area contributed by atoms with Gasteiger partial charge in [-0.3, -0.25) is 5.10 Å². The summed E-state index contributed by atoms with van der Waals surface area (Å²) in [6.45, 7) is 10.8. The summed E-state index contributed by atoms with van der Waals surface area (Å²) in [5.74, 6) is 1.72. The molecule has 1 rings (SSSR count). The van der Waals surface area contributed by atoms with E-state index in [0.717, 1.165) is 13.1 Å². The first-order valence-corrected chi connectivity index (χ1v) is 4.98. The van der Waals surface area contributed by atoms with Crippen LogP contribution in [0.25, 0.3) is 0 Å². The van der Waals surface area contributed by atoms with Crippen molar-refractivity contribution in [1.29, 1.82) is 0 Å². The standard InChI is InChI=1S/C10H19N3/c1-5-13(6-2)10-9(8(3)4)7-11-12-10/h7-8H,5-6H2,1-4H3,(H,11,12). The van der Waals surface area contributed by atoms with Crippen LogP contribution in [0.1, 0.15) is 39.2 Å². The van der Waals surface area contributed by atoms with Crippen molar-refractivity contribution < 1.29 is 0 Å². The Hall–Kier alpha value is -0.990. The summed E-state index contributed by atoms with van der Waals surface area (Å²) >= 11 is 0. The maximum atomic E-state index is 4.09. The van der Waals surface area contributed by atoms with Gasteiger partial charge in [0.1, 0.15) is 5.82 Å². The summed E-state index contributed by atoms with van der Waals surface area (Å²) < 4.78 is 0. The van der Waals surface area contributed by atoms with Crippen LogP contribution >= 0.6 is 0 Å². The van der Waals surface area contributed by atoms with E-state index in [9.17, 15) is 0 Å². The lowest BCUT2D eigenvalue weighted by Gasteiger charge is -2.21. The maximum absolute atomic E-state index is 4.09. The highest BCUT2D eigenvalue weighted by Gasteiger charge is 2.12. The molecule has 1 heterocycles. The molecule has 13 heavy (non-hydrogen) atoms. The molecule has 0 saturated carbocycles. The molecule has 74 valence electrons. The molecular weight excluding hydrogens is 162 g/mol. The molecule has 1 aromatic heterocycles. The number of hydrogen-bond acceptors (Lipinski definition) is 2. The predicted octanol–water partition coefficient (Wildman–Crippen LogP) is 2.38. The number of nitrogens with one attached hydrogen (secondary N) is 1. The van der Waals surface area contributed by atoms with Crippen LogP contribution in [0.2, 0.25) is 0 Å². The van der Waals surface area contributed by atoms with Crippen LogP contribution < -0.4 is 4.90 Å². The van der Waals surface area contributed by atoms with Crippen LogP contribution in [0.5, 0.6) is 0 Å². The number of hydrogen-bond donors (Lipinski definition) is 1.